The zero-order chi connectivity index (χ0) is 16.2. The third-order valence-corrected chi connectivity index (χ3v) is 4.18. The number of fused-ring (bicyclic) bond motifs is 1. The van der Waals surface area contributed by atoms with Gasteiger partial charge in [0.2, 0.25) is 0 Å². The molecule has 0 bridgehead atoms. The third-order valence-electron chi connectivity index (χ3n) is 4.18. The largest absolute Gasteiger partial charge is 0.346 e. The number of aromatic nitrogens is 4. The zero-order valence-corrected chi connectivity index (χ0v) is 15.8. The Bertz CT molecular complexity index is 920. The van der Waals surface area contributed by atoms with Crippen LogP contribution in [0, 0.1) is 0 Å². The maximum atomic E-state index is 3.87. The molecule has 26 heavy (non-hydrogen) atoms. The average Bonchev–Trinajstić information content (AvgIpc) is 3.29. The molecule has 2 heterocycles. The minimum absolute atomic E-state index is 0. The molecule has 0 aliphatic rings. The van der Waals surface area contributed by atoms with E-state index in [4.69, 9.17) is 0 Å². The molecule has 0 unspecified atom stereocenters. The van der Waals surface area contributed by atoms with E-state index >= 15 is 0 Å². The van der Waals surface area contributed by atoms with Gasteiger partial charge in [0, 0.05) is 25.8 Å². The van der Waals surface area contributed by atoms with E-state index in [1.807, 2.05) is 10.6 Å². The standard InChI is InChI=1S/C19H19N5.2ClH/c1-2-4-16(5-3-1)13-20-9-11-23-10-8-17-6-7-18(12-19(17)23)24-14-21-22-15-24;;/h1-8,10,12,14-15,20H,9,11,13H2;2*1H. The number of hydrogen-bond acceptors (Lipinski definition) is 3. The van der Waals surface area contributed by atoms with Crippen molar-refractivity contribution >= 4 is 35.7 Å². The van der Waals surface area contributed by atoms with Crippen molar-refractivity contribution in [1.82, 2.24) is 24.6 Å². The maximum Gasteiger partial charge on any atom is 0.123 e. The molecule has 0 radical (unpaired) electrons. The third kappa shape index (κ3) is 4.43. The van der Waals surface area contributed by atoms with Gasteiger partial charge in [0.15, 0.2) is 0 Å². The quantitative estimate of drug-likeness (QED) is 0.509. The molecular formula is C19H21Cl2N5. The van der Waals surface area contributed by atoms with E-state index in [9.17, 15) is 0 Å². The van der Waals surface area contributed by atoms with Gasteiger partial charge in [0.25, 0.3) is 0 Å². The van der Waals surface area contributed by atoms with Crippen LogP contribution < -0.4 is 5.32 Å². The first kappa shape index (κ1) is 20.0. The predicted octanol–water partition coefficient (Wildman–Crippen LogP) is 3.86. The van der Waals surface area contributed by atoms with Crippen LogP contribution in [-0.2, 0) is 13.1 Å². The second-order valence-electron chi connectivity index (χ2n) is 5.78. The molecule has 0 spiro atoms. The van der Waals surface area contributed by atoms with Crippen molar-refractivity contribution in [2.75, 3.05) is 6.54 Å². The maximum absolute atomic E-state index is 3.87. The fourth-order valence-corrected chi connectivity index (χ4v) is 2.89. The Hall–Kier alpha value is -2.34. The van der Waals surface area contributed by atoms with Gasteiger partial charge >= 0.3 is 0 Å². The van der Waals surface area contributed by atoms with Crippen LogP contribution >= 0.6 is 24.8 Å². The molecule has 2 aromatic heterocycles. The summed E-state index contributed by atoms with van der Waals surface area (Å²) in [4.78, 5) is 0. The van der Waals surface area contributed by atoms with E-state index in [0.29, 0.717) is 0 Å². The number of benzene rings is 2. The van der Waals surface area contributed by atoms with Crippen molar-refractivity contribution in [3.8, 4) is 5.69 Å². The first-order valence-corrected chi connectivity index (χ1v) is 8.09. The van der Waals surface area contributed by atoms with Gasteiger partial charge in [0.1, 0.15) is 12.7 Å². The molecule has 1 N–H and O–H groups in total. The number of halogens is 2. The second kappa shape index (κ2) is 9.38. The lowest BCUT2D eigenvalue weighted by molar-refractivity contribution is 0.609. The molecule has 0 aliphatic heterocycles. The van der Waals surface area contributed by atoms with Crippen LogP contribution in [0.15, 0.2) is 73.4 Å². The lowest BCUT2D eigenvalue weighted by Gasteiger charge is -2.09. The lowest BCUT2D eigenvalue weighted by Crippen LogP contribution is -2.19. The summed E-state index contributed by atoms with van der Waals surface area (Å²) in [5, 5.41) is 12.5. The summed E-state index contributed by atoms with van der Waals surface area (Å²) < 4.78 is 4.20. The molecular weight excluding hydrogens is 369 g/mol. The van der Waals surface area contributed by atoms with Gasteiger partial charge in [-0.1, -0.05) is 36.4 Å². The molecule has 136 valence electrons. The highest BCUT2D eigenvalue weighted by Crippen LogP contribution is 2.19. The van der Waals surface area contributed by atoms with Gasteiger partial charge < -0.3 is 9.88 Å². The monoisotopic (exact) mass is 389 g/mol. The Balaban J connectivity index is 0.00000121. The Morgan fingerprint density at radius 1 is 0.885 bits per heavy atom. The SMILES string of the molecule is Cl.Cl.c1ccc(CNCCn2ccc3ccc(-n4cnnc4)cc32)cc1. The predicted molar refractivity (Wildman–Crippen MR) is 109 cm³/mol. The summed E-state index contributed by atoms with van der Waals surface area (Å²) in [6, 6.07) is 19.0. The summed E-state index contributed by atoms with van der Waals surface area (Å²) in [7, 11) is 0. The lowest BCUT2D eigenvalue weighted by atomic mass is 10.2. The first-order valence-electron chi connectivity index (χ1n) is 8.09. The molecule has 0 amide bonds. The molecule has 0 saturated carbocycles. The van der Waals surface area contributed by atoms with Gasteiger partial charge in [-0.15, -0.1) is 35.0 Å². The fraction of sp³-hybridized carbons (Fsp3) is 0.158. The van der Waals surface area contributed by atoms with Crippen LogP contribution in [0.2, 0.25) is 0 Å². The Morgan fingerprint density at radius 2 is 1.65 bits per heavy atom. The summed E-state index contributed by atoms with van der Waals surface area (Å²) in [6.45, 7) is 2.75. The Labute approximate surface area is 164 Å². The van der Waals surface area contributed by atoms with Crippen molar-refractivity contribution < 1.29 is 0 Å². The number of nitrogens with one attached hydrogen (secondary N) is 1. The highest BCUT2D eigenvalue weighted by atomic mass is 35.5. The number of nitrogens with zero attached hydrogens (tertiary/aromatic N) is 4. The number of hydrogen-bond donors (Lipinski definition) is 1. The van der Waals surface area contributed by atoms with Crippen molar-refractivity contribution in [1.29, 1.82) is 0 Å². The van der Waals surface area contributed by atoms with E-state index in [0.717, 1.165) is 25.3 Å². The van der Waals surface area contributed by atoms with E-state index in [2.05, 4.69) is 74.8 Å². The highest BCUT2D eigenvalue weighted by Gasteiger charge is 2.04. The van der Waals surface area contributed by atoms with E-state index in [1.54, 1.807) is 12.7 Å². The van der Waals surface area contributed by atoms with E-state index in [-0.39, 0.29) is 24.8 Å². The van der Waals surface area contributed by atoms with Crippen molar-refractivity contribution in [2.45, 2.75) is 13.1 Å². The second-order valence-corrected chi connectivity index (χ2v) is 5.78. The van der Waals surface area contributed by atoms with Crippen LogP contribution in [0.1, 0.15) is 5.56 Å². The summed E-state index contributed by atoms with van der Waals surface area (Å²) in [5.41, 5.74) is 3.61. The van der Waals surface area contributed by atoms with Crippen LogP contribution in [0.3, 0.4) is 0 Å². The zero-order valence-electron chi connectivity index (χ0n) is 14.2. The van der Waals surface area contributed by atoms with Crippen molar-refractivity contribution in [2.24, 2.45) is 0 Å². The van der Waals surface area contributed by atoms with Gasteiger partial charge in [-0.05, 0) is 29.1 Å². The molecule has 4 rings (SSSR count). The normalized spacial score (nSPS) is 10.3. The molecule has 7 heteroatoms. The topological polar surface area (TPSA) is 47.7 Å². The van der Waals surface area contributed by atoms with E-state index in [1.165, 1.54) is 16.5 Å². The minimum atomic E-state index is 0. The highest BCUT2D eigenvalue weighted by molar-refractivity contribution is 5.85. The molecule has 0 aliphatic carbocycles. The summed E-state index contributed by atoms with van der Waals surface area (Å²) in [5.74, 6) is 0. The molecule has 0 atom stereocenters. The van der Waals surface area contributed by atoms with Crippen molar-refractivity contribution in [3.05, 3.63) is 79.0 Å². The van der Waals surface area contributed by atoms with Gasteiger partial charge in [-0.3, -0.25) is 4.57 Å². The Kier molecular flexibility index (Phi) is 7.21. The smallest absolute Gasteiger partial charge is 0.123 e. The molecule has 2 aromatic carbocycles. The molecule has 0 saturated heterocycles. The molecule has 0 fully saturated rings. The van der Waals surface area contributed by atoms with Crippen LogP contribution in [0.4, 0.5) is 0 Å². The fourth-order valence-electron chi connectivity index (χ4n) is 2.89. The van der Waals surface area contributed by atoms with Crippen LogP contribution in [0.25, 0.3) is 16.6 Å². The van der Waals surface area contributed by atoms with Crippen molar-refractivity contribution in [3.63, 3.8) is 0 Å². The van der Waals surface area contributed by atoms with Crippen LogP contribution in [-0.4, -0.2) is 25.9 Å². The summed E-state index contributed by atoms with van der Waals surface area (Å²) in [6.07, 6.45) is 5.58. The van der Waals surface area contributed by atoms with Gasteiger partial charge in [0.05, 0.1) is 11.2 Å². The average molecular weight is 390 g/mol. The summed E-state index contributed by atoms with van der Waals surface area (Å²) >= 11 is 0. The Morgan fingerprint density at radius 3 is 2.42 bits per heavy atom. The van der Waals surface area contributed by atoms with Gasteiger partial charge in [-0.25, -0.2) is 0 Å². The van der Waals surface area contributed by atoms with E-state index < -0.39 is 0 Å². The number of rotatable bonds is 6. The van der Waals surface area contributed by atoms with Crippen LogP contribution in [0.5, 0.6) is 0 Å². The van der Waals surface area contributed by atoms with Gasteiger partial charge in [-0.2, -0.15) is 0 Å². The molecule has 5 nitrogen and oxygen atoms in total. The first-order chi connectivity index (χ1) is 11.9. The minimum Gasteiger partial charge on any atom is -0.346 e. The molecule has 4 aromatic rings.